The van der Waals surface area contributed by atoms with Gasteiger partial charge >= 0.3 is 0 Å². The lowest BCUT2D eigenvalue weighted by Gasteiger charge is -2.08. The summed E-state index contributed by atoms with van der Waals surface area (Å²) in [5, 5.41) is 4.04. The van der Waals surface area contributed by atoms with E-state index in [1.165, 1.54) is 31.2 Å². The van der Waals surface area contributed by atoms with Crippen molar-refractivity contribution in [3.05, 3.63) is 59.7 Å². The standard InChI is InChI=1S/C20H18N2O2/c23-13-14-5-7-17(8-6-14)19-21-20(24-22-19)18-11-9-16(10-12-18)15-3-1-2-4-15/h5-13,15H,1-4H2. The molecule has 1 fully saturated rings. The summed E-state index contributed by atoms with van der Waals surface area (Å²) < 4.78 is 5.40. The first-order valence-corrected chi connectivity index (χ1v) is 8.33. The number of rotatable bonds is 4. The second-order valence-corrected chi connectivity index (χ2v) is 6.27. The van der Waals surface area contributed by atoms with Crippen molar-refractivity contribution in [2.75, 3.05) is 0 Å². The van der Waals surface area contributed by atoms with Crippen molar-refractivity contribution in [2.24, 2.45) is 0 Å². The molecule has 3 aromatic rings. The Kier molecular flexibility index (Phi) is 3.95. The third-order valence-electron chi connectivity index (χ3n) is 4.72. The Bertz CT molecular complexity index is 829. The van der Waals surface area contributed by atoms with E-state index in [-0.39, 0.29) is 0 Å². The molecule has 4 rings (SSSR count). The molecule has 0 bridgehead atoms. The predicted molar refractivity (Wildman–Crippen MR) is 91.8 cm³/mol. The maximum atomic E-state index is 10.7. The molecular formula is C20H18N2O2. The highest BCUT2D eigenvalue weighted by Gasteiger charge is 2.17. The number of carbonyl (C=O) groups excluding carboxylic acids is 1. The SMILES string of the molecule is O=Cc1ccc(-c2noc(-c3ccc(C4CCCC4)cc3)n2)cc1. The summed E-state index contributed by atoms with van der Waals surface area (Å²) in [7, 11) is 0. The third-order valence-corrected chi connectivity index (χ3v) is 4.72. The number of benzene rings is 2. The van der Waals surface area contributed by atoms with E-state index in [1.807, 2.05) is 12.1 Å². The Labute approximate surface area is 140 Å². The van der Waals surface area contributed by atoms with Crippen LogP contribution in [-0.2, 0) is 0 Å². The quantitative estimate of drug-likeness (QED) is 0.644. The molecule has 1 aliphatic carbocycles. The van der Waals surface area contributed by atoms with Gasteiger partial charge in [-0.15, -0.1) is 0 Å². The van der Waals surface area contributed by atoms with Crippen LogP contribution in [0.25, 0.3) is 22.8 Å². The Hall–Kier alpha value is -2.75. The highest BCUT2D eigenvalue weighted by Crippen LogP contribution is 2.34. The molecule has 1 heterocycles. The summed E-state index contributed by atoms with van der Waals surface area (Å²) in [4.78, 5) is 15.2. The molecule has 0 amide bonds. The van der Waals surface area contributed by atoms with E-state index in [0.29, 0.717) is 23.2 Å². The van der Waals surface area contributed by atoms with Gasteiger partial charge in [-0.1, -0.05) is 54.4 Å². The molecule has 4 nitrogen and oxygen atoms in total. The Morgan fingerprint density at radius 1 is 0.917 bits per heavy atom. The van der Waals surface area contributed by atoms with Gasteiger partial charge in [0.2, 0.25) is 5.82 Å². The number of aromatic nitrogens is 2. The lowest BCUT2D eigenvalue weighted by atomic mass is 9.97. The van der Waals surface area contributed by atoms with Gasteiger partial charge in [0, 0.05) is 16.7 Å². The first kappa shape index (κ1) is 14.8. The average molecular weight is 318 g/mol. The second kappa shape index (κ2) is 6.40. The molecular weight excluding hydrogens is 300 g/mol. The maximum Gasteiger partial charge on any atom is 0.258 e. The van der Waals surface area contributed by atoms with Crippen LogP contribution in [0.15, 0.2) is 53.1 Å². The molecule has 24 heavy (non-hydrogen) atoms. The first-order valence-electron chi connectivity index (χ1n) is 8.33. The van der Waals surface area contributed by atoms with Gasteiger partial charge in [-0.3, -0.25) is 4.79 Å². The van der Waals surface area contributed by atoms with Gasteiger partial charge in [0.05, 0.1) is 0 Å². The summed E-state index contributed by atoms with van der Waals surface area (Å²) in [6.07, 6.45) is 6.07. The number of hydrogen-bond acceptors (Lipinski definition) is 4. The summed E-state index contributed by atoms with van der Waals surface area (Å²) in [5.41, 5.74) is 3.79. The number of hydrogen-bond donors (Lipinski definition) is 0. The van der Waals surface area contributed by atoms with E-state index in [0.717, 1.165) is 17.4 Å². The topological polar surface area (TPSA) is 56.0 Å². The third kappa shape index (κ3) is 2.87. The number of aldehydes is 1. The zero-order chi connectivity index (χ0) is 16.4. The minimum Gasteiger partial charge on any atom is -0.334 e. The summed E-state index contributed by atoms with van der Waals surface area (Å²) in [5.74, 6) is 1.75. The van der Waals surface area contributed by atoms with Crippen LogP contribution in [0.5, 0.6) is 0 Å². The molecule has 2 aromatic carbocycles. The van der Waals surface area contributed by atoms with Gasteiger partial charge in [0.25, 0.3) is 5.89 Å². The lowest BCUT2D eigenvalue weighted by Crippen LogP contribution is -1.91. The Morgan fingerprint density at radius 2 is 1.58 bits per heavy atom. The van der Waals surface area contributed by atoms with Crippen molar-refractivity contribution in [2.45, 2.75) is 31.6 Å². The average Bonchev–Trinajstić information content (AvgIpc) is 3.34. The molecule has 1 aliphatic rings. The summed E-state index contributed by atoms with van der Waals surface area (Å²) >= 11 is 0. The predicted octanol–water partition coefficient (Wildman–Crippen LogP) is 4.87. The van der Waals surface area contributed by atoms with E-state index in [1.54, 1.807) is 12.1 Å². The van der Waals surface area contributed by atoms with Crippen LogP contribution >= 0.6 is 0 Å². The summed E-state index contributed by atoms with van der Waals surface area (Å²) in [6, 6.07) is 15.6. The number of carbonyl (C=O) groups is 1. The van der Waals surface area contributed by atoms with Crippen molar-refractivity contribution in [3.63, 3.8) is 0 Å². The van der Waals surface area contributed by atoms with Crippen molar-refractivity contribution in [1.82, 2.24) is 10.1 Å². The Balaban J connectivity index is 1.56. The van der Waals surface area contributed by atoms with Crippen LogP contribution in [0.3, 0.4) is 0 Å². The van der Waals surface area contributed by atoms with Crippen LogP contribution in [0.2, 0.25) is 0 Å². The lowest BCUT2D eigenvalue weighted by molar-refractivity contribution is 0.112. The van der Waals surface area contributed by atoms with Gasteiger partial charge in [0.15, 0.2) is 0 Å². The van der Waals surface area contributed by atoms with Crippen LogP contribution in [-0.4, -0.2) is 16.4 Å². The minimum atomic E-state index is 0.516. The van der Waals surface area contributed by atoms with Crippen molar-refractivity contribution < 1.29 is 9.32 Å². The van der Waals surface area contributed by atoms with Crippen molar-refractivity contribution in [3.8, 4) is 22.8 Å². The second-order valence-electron chi connectivity index (χ2n) is 6.27. The fraction of sp³-hybridized carbons (Fsp3) is 0.250. The van der Waals surface area contributed by atoms with E-state index in [9.17, 15) is 4.79 Å². The highest BCUT2D eigenvalue weighted by atomic mass is 16.5. The molecule has 0 saturated heterocycles. The molecule has 0 aliphatic heterocycles. The smallest absolute Gasteiger partial charge is 0.258 e. The van der Waals surface area contributed by atoms with Crippen LogP contribution in [0.1, 0.15) is 47.5 Å². The van der Waals surface area contributed by atoms with Crippen LogP contribution in [0, 0.1) is 0 Å². The summed E-state index contributed by atoms with van der Waals surface area (Å²) in [6.45, 7) is 0. The molecule has 0 atom stereocenters. The fourth-order valence-electron chi connectivity index (χ4n) is 3.33. The molecule has 0 radical (unpaired) electrons. The van der Waals surface area contributed by atoms with Gasteiger partial charge in [-0.05, 0) is 36.5 Å². The molecule has 0 spiro atoms. The molecule has 120 valence electrons. The molecule has 0 N–H and O–H groups in total. The van der Waals surface area contributed by atoms with Gasteiger partial charge in [-0.2, -0.15) is 4.98 Å². The minimum absolute atomic E-state index is 0.516. The molecule has 4 heteroatoms. The van der Waals surface area contributed by atoms with Gasteiger partial charge in [-0.25, -0.2) is 0 Å². The zero-order valence-electron chi connectivity index (χ0n) is 13.3. The van der Waals surface area contributed by atoms with E-state index < -0.39 is 0 Å². The monoisotopic (exact) mass is 318 g/mol. The van der Waals surface area contributed by atoms with Gasteiger partial charge < -0.3 is 4.52 Å². The molecule has 1 aromatic heterocycles. The largest absolute Gasteiger partial charge is 0.334 e. The van der Waals surface area contributed by atoms with E-state index in [4.69, 9.17) is 4.52 Å². The van der Waals surface area contributed by atoms with Crippen molar-refractivity contribution in [1.29, 1.82) is 0 Å². The molecule has 1 saturated carbocycles. The van der Waals surface area contributed by atoms with Gasteiger partial charge in [0.1, 0.15) is 6.29 Å². The fourth-order valence-corrected chi connectivity index (χ4v) is 3.33. The van der Waals surface area contributed by atoms with Crippen LogP contribution < -0.4 is 0 Å². The van der Waals surface area contributed by atoms with E-state index >= 15 is 0 Å². The maximum absolute atomic E-state index is 10.7. The van der Waals surface area contributed by atoms with Crippen LogP contribution in [0.4, 0.5) is 0 Å². The normalized spacial score (nSPS) is 14.8. The van der Waals surface area contributed by atoms with E-state index in [2.05, 4.69) is 34.4 Å². The highest BCUT2D eigenvalue weighted by molar-refractivity contribution is 5.76. The Morgan fingerprint density at radius 3 is 2.25 bits per heavy atom. The molecule has 0 unspecified atom stereocenters. The zero-order valence-corrected chi connectivity index (χ0v) is 13.3. The first-order chi connectivity index (χ1) is 11.8. The number of nitrogens with zero attached hydrogens (tertiary/aromatic N) is 2. The van der Waals surface area contributed by atoms with Crippen molar-refractivity contribution >= 4 is 6.29 Å².